The summed E-state index contributed by atoms with van der Waals surface area (Å²) in [5.41, 5.74) is 2.36. The van der Waals surface area contributed by atoms with Gasteiger partial charge in [0.25, 0.3) is 0 Å². The van der Waals surface area contributed by atoms with Gasteiger partial charge < -0.3 is 15.0 Å². The number of carbonyl (C=O) groups is 1. The van der Waals surface area contributed by atoms with Crippen LogP contribution < -0.4 is 5.32 Å². The average molecular weight is 387 g/mol. The standard InChI is InChI=1S/C22H34N4O2/c1-21(2,3)20-24-18-16(19(25-20)23-15-7-5-8-15)9-11-22(18)10-6-12-26(14-22)17(27)13-28-4/h15H,5-14H2,1-4H3,(H,23,24,25). The summed E-state index contributed by atoms with van der Waals surface area (Å²) in [4.78, 5) is 24.6. The third kappa shape index (κ3) is 3.51. The molecule has 6 heteroatoms. The molecule has 2 aliphatic carbocycles. The van der Waals surface area contributed by atoms with Crippen LogP contribution in [0.4, 0.5) is 5.82 Å². The lowest BCUT2D eigenvalue weighted by Gasteiger charge is -2.41. The van der Waals surface area contributed by atoms with Crippen molar-refractivity contribution in [2.75, 3.05) is 32.1 Å². The van der Waals surface area contributed by atoms with Crippen LogP contribution in [0.1, 0.15) is 76.4 Å². The number of rotatable bonds is 4. The SMILES string of the molecule is COCC(=O)N1CCCC2(CCc3c(NC4CCC4)nc(C(C)(C)C)nc32)C1. The third-order valence-electron chi connectivity index (χ3n) is 6.68. The molecule has 0 bridgehead atoms. The Morgan fingerprint density at radius 2 is 2.04 bits per heavy atom. The second-order valence-corrected chi connectivity index (χ2v) is 9.88. The number of carbonyl (C=O) groups excluding carboxylic acids is 1. The van der Waals surface area contributed by atoms with Gasteiger partial charge >= 0.3 is 0 Å². The van der Waals surface area contributed by atoms with Crippen molar-refractivity contribution in [2.45, 2.75) is 82.6 Å². The van der Waals surface area contributed by atoms with E-state index in [-0.39, 0.29) is 23.3 Å². The van der Waals surface area contributed by atoms with Crippen LogP contribution in [0.3, 0.4) is 0 Å². The van der Waals surface area contributed by atoms with Gasteiger partial charge in [-0.25, -0.2) is 9.97 Å². The lowest BCUT2D eigenvalue weighted by Crippen LogP contribution is -2.49. The smallest absolute Gasteiger partial charge is 0.248 e. The highest BCUT2D eigenvalue weighted by Crippen LogP contribution is 2.47. The highest BCUT2D eigenvalue weighted by molar-refractivity contribution is 5.77. The monoisotopic (exact) mass is 386 g/mol. The van der Waals surface area contributed by atoms with E-state index in [0.717, 1.165) is 50.4 Å². The summed E-state index contributed by atoms with van der Waals surface area (Å²) in [5.74, 6) is 2.06. The molecule has 0 aromatic carbocycles. The molecule has 4 rings (SSSR count). The third-order valence-corrected chi connectivity index (χ3v) is 6.68. The van der Waals surface area contributed by atoms with Crippen molar-refractivity contribution in [1.29, 1.82) is 0 Å². The summed E-state index contributed by atoms with van der Waals surface area (Å²) in [6.45, 7) is 8.28. The molecule has 3 aliphatic rings. The Labute approximate surface area is 168 Å². The summed E-state index contributed by atoms with van der Waals surface area (Å²) >= 11 is 0. The Bertz CT molecular complexity index is 754. The van der Waals surface area contributed by atoms with Gasteiger partial charge in [-0.2, -0.15) is 0 Å². The Balaban J connectivity index is 1.71. The van der Waals surface area contributed by atoms with Crippen LogP contribution in [0.2, 0.25) is 0 Å². The molecule has 1 aromatic heterocycles. The van der Waals surface area contributed by atoms with Crippen molar-refractivity contribution in [3.63, 3.8) is 0 Å². The van der Waals surface area contributed by atoms with Crippen LogP contribution in [-0.4, -0.2) is 53.6 Å². The number of likely N-dealkylation sites (tertiary alicyclic amines) is 1. The quantitative estimate of drug-likeness (QED) is 0.861. The van der Waals surface area contributed by atoms with Crippen LogP contribution in [0.15, 0.2) is 0 Å². The maximum atomic E-state index is 12.5. The number of methoxy groups -OCH3 is 1. The van der Waals surface area contributed by atoms with Crippen molar-refractivity contribution < 1.29 is 9.53 Å². The summed E-state index contributed by atoms with van der Waals surface area (Å²) < 4.78 is 5.10. The Morgan fingerprint density at radius 1 is 1.25 bits per heavy atom. The molecule has 0 radical (unpaired) electrons. The topological polar surface area (TPSA) is 67.3 Å². The van der Waals surface area contributed by atoms with E-state index < -0.39 is 0 Å². The molecule has 154 valence electrons. The van der Waals surface area contributed by atoms with E-state index in [4.69, 9.17) is 14.7 Å². The lowest BCUT2D eigenvalue weighted by atomic mass is 9.77. The van der Waals surface area contributed by atoms with Crippen molar-refractivity contribution >= 4 is 11.7 Å². The molecule has 2 fully saturated rings. The average Bonchev–Trinajstić information content (AvgIpc) is 2.96. The summed E-state index contributed by atoms with van der Waals surface area (Å²) in [5, 5.41) is 3.72. The first kappa shape index (κ1) is 19.6. The van der Waals surface area contributed by atoms with Crippen molar-refractivity contribution in [3.8, 4) is 0 Å². The number of hydrogen-bond donors (Lipinski definition) is 1. The van der Waals surface area contributed by atoms with Gasteiger partial charge in [-0.3, -0.25) is 4.79 Å². The number of ether oxygens (including phenoxy) is 1. The Kier molecular flexibility index (Phi) is 5.10. The maximum Gasteiger partial charge on any atom is 0.248 e. The second-order valence-electron chi connectivity index (χ2n) is 9.88. The van der Waals surface area contributed by atoms with E-state index >= 15 is 0 Å². The number of piperidine rings is 1. The fraction of sp³-hybridized carbons (Fsp3) is 0.773. The summed E-state index contributed by atoms with van der Waals surface area (Å²) in [7, 11) is 1.59. The lowest BCUT2D eigenvalue weighted by molar-refractivity contribution is -0.137. The molecule has 1 saturated heterocycles. The molecule has 1 aromatic rings. The molecular formula is C22H34N4O2. The fourth-order valence-electron chi connectivity index (χ4n) is 4.80. The molecule has 1 unspecified atom stereocenters. The normalized spacial score (nSPS) is 24.9. The zero-order valence-corrected chi connectivity index (χ0v) is 17.8. The Hall–Kier alpha value is -1.69. The van der Waals surface area contributed by atoms with E-state index in [1.54, 1.807) is 7.11 Å². The van der Waals surface area contributed by atoms with Gasteiger partial charge in [0.2, 0.25) is 5.91 Å². The van der Waals surface area contributed by atoms with Gasteiger partial charge in [-0.1, -0.05) is 20.8 Å². The minimum Gasteiger partial charge on any atom is -0.375 e. The van der Waals surface area contributed by atoms with Crippen LogP contribution in [0, 0.1) is 0 Å². The molecule has 1 spiro atoms. The van der Waals surface area contributed by atoms with Crippen LogP contribution in [-0.2, 0) is 26.8 Å². The van der Waals surface area contributed by atoms with Crippen molar-refractivity contribution in [1.82, 2.24) is 14.9 Å². The van der Waals surface area contributed by atoms with Crippen LogP contribution >= 0.6 is 0 Å². The highest BCUT2D eigenvalue weighted by Gasteiger charge is 2.46. The number of amides is 1. The van der Waals surface area contributed by atoms with Gasteiger partial charge in [-0.05, 0) is 44.9 Å². The van der Waals surface area contributed by atoms with Crippen LogP contribution in [0.5, 0.6) is 0 Å². The van der Waals surface area contributed by atoms with Gasteiger partial charge in [-0.15, -0.1) is 0 Å². The molecule has 1 saturated carbocycles. The number of aromatic nitrogens is 2. The minimum atomic E-state index is -0.102. The first-order valence-electron chi connectivity index (χ1n) is 10.8. The molecular weight excluding hydrogens is 352 g/mol. The minimum absolute atomic E-state index is 0.0318. The van der Waals surface area contributed by atoms with E-state index in [0.29, 0.717) is 6.04 Å². The fourth-order valence-corrected chi connectivity index (χ4v) is 4.80. The van der Waals surface area contributed by atoms with E-state index in [1.165, 1.54) is 30.5 Å². The van der Waals surface area contributed by atoms with Gasteiger partial charge in [0.05, 0.1) is 5.69 Å². The number of anilines is 1. The van der Waals surface area contributed by atoms with Gasteiger partial charge in [0.15, 0.2) is 0 Å². The zero-order valence-electron chi connectivity index (χ0n) is 17.8. The molecule has 6 nitrogen and oxygen atoms in total. The zero-order chi connectivity index (χ0) is 19.9. The molecule has 28 heavy (non-hydrogen) atoms. The van der Waals surface area contributed by atoms with E-state index in [2.05, 4.69) is 26.1 Å². The number of hydrogen-bond acceptors (Lipinski definition) is 5. The van der Waals surface area contributed by atoms with E-state index in [9.17, 15) is 4.79 Å². The largest absolute Gasteiger partial charge is 0.375 e. The second kappa shape index (κ2) is 7.29. The predicted molar refractivity (Wildman–Crippen MR) is 110 cm³/mol. The first-order valence-corrected chi connectivity index (χ1v) is 10.8. The number of fused-ring (bicyclic) bond motifs is 2. The summed E-state index contributed by atoms with van der Waals surface area (Å²) in [6.07, 6.45) is 7.94. The molecule has 2 heterocycles. The van der Waals surface area contributed by atoms with Crippen molar-refractivity contribution in [2.24, 2.45) is 0 Å². The molecule has 1 N–H and O–H groups in total. The first-order chi connectivity index (χ1) is 13.3. The van der Waals surface area contributed by atoms with Gasteiger partial charge in [0.1, 0.15) is 18.2 Å². The predicted octanol–water partition coefficient (Wildman–Crippen LogP) is 3.19. The molecule has 1 amide bonds. The molecule has 1 atom stereocenters. The number of nitrogens with one attached hydrogen (secondary N) is 1. The molecule has 1 aliphatic heterocycles. The van der Waals surface area contributed by atoms with Gasteiger partial charge in [0, 0.05) is 42.6 Å². The maximum absolute atomic E-state index is 12.5. The van der Waals surface area contributed by atoms with Crippen LogP contribution in [0.25, 0.3) is 0 Å². The number of nitrogens with zero attached hydrogens (tertiary/aromatic N) is 3. The highest BCUT2D eigenvalue weighted by atomic mass is 16.5. The van der Waals surface area contributed by atoms with E-state index in [1.807, 2.05) is 4.90 Å². The summed E-state index contributed by atoms with van der Waals surface area (Å²) in [6, 6.07) is 0.550. The Morgan fingerprint density at radius 3 is 2.68 bits per heavy atom. The van der Waals surface area contributed by atoms with Crippen molar-refractivity contribution in [3.05, 3.63) is 17.1 Å².